The normalized spacial score (nSPS) is 30.8. The zero-order valence-electron chi connectivity index (χ0n) is 27.9. The molecule has 0 aliphatic heterocycles. The molecule has 5 unspecified atom stereocenters. The highest BCUT2D eigenvalue weighted by molar-refractivity contribution is 5.69. The quantitative estimate of drug-likeness (QED) is 0.0953. The van der Waals surface area contributed by atoms with E-state index in [1.807, 2.05) is 0 Å². The summed E-state index contributed by atoms with van der Waals surface area (Å²) in [6, 6.07) is 0. The lowest BCUT2D eigenvalue weighted by atomic mass is 9.42. The number of aliphatic hydroxyl groups is 2. The van der Waals surface area contributed by atoms with E-state index in [1.165, 1.54) is 89.9 Å². The number of allylic oxidation sites excluding steroid dienone is 3. The van der Waals surface area contributed by atoms with Gasteiger partial charge in [-0.1, -0.05) is 104 Å². The van der Waals surface area contributed by atoms with Crippen LogP contribution in [0.2, 0.25) is 0 Å². The van der Waals surface area contributed by atoms with E-state index >= 15 is 0 Å². The average Bonchev–Trinajstić information content (AvgIpc) is 3.10. The first-order valence-corrected chi connectivity index (χ1v) is 18.0. The van der Waals surface area contributed by atoms with Gasteiger partial charge in [-0.15, -0.1) is 0 Å². The maximum Gasteiger partial charge on any atom is 0.306 e. The molecule has 4 heteroatoms. The highest BCUT2D eigenvalue weighted by Crippen LogP contribution is 2.66. The predicted octanol–water partition coefficient (Wildman–Crippen LogP) is 9.87. The first-order valence-electron chi connectivity index (χ1n) is 18.0. The summed E-state index contributed by atoms with van der Waals surface area (Å²) >= 11 is 0. The van der Waals surface area contributed by atoms with Gasteiger partial charge in [-0.2, -0.15) is 0 Å². The van der Waals surface area contributed by atoms with Crippen LogP contribution in [0.5, 0.6) is 0 Å². The second-order valence-electron chi connectivity index (χ2n) is 15.2. The van der Waals surface area contributed by atoms with E-state index in [4.69, 9.17) is 4.74 Å². The molecule has 0 spiro atoms. The van der Waals surface area contributed by atoms with E-state index in [0.29, 0.717) is 24.2 Å². The monoisotopic (exact) mass is 586 g/mol. The Bertz CT molecular complexity index is 859. The van der Waals surface area contributed by atoms with Crippen molar-refractivity contribution in [3.63, 3.8) is 0 Å². The van der Waals surface area contributed by atoms with Crippen LogP contribution in [0.25, 0.3) is 0 Å². The third-order valence-corrected chi connectivity index (χ3v) is 11.8. The maximum absolute atomic E-state index is 12.5. The number of carbonyl (C=O) groups is 1. The van der Waals surface area contributed by atoms with Crippen LogP contribution in [0.1, 0.15) is 163 Å². The number of unbranched alkanes of at least 4 members (excludes halogenated alkanes) is 11. The van der Waals surface area contributed by atoms with Gasteiger partial charge in [0.2, 0.25) is 0 Å². The molecule has 42 heavy (non-hydrogen) atoms. The number of aliphatic hydroxyl groups excluding tert-OH is 2. The van der Waals surface area contributed by atoms with Crippen molar-refractivity contribution in [3.05, 3.63) is 23.8 Å². The Morgan fingerprint density at radius 1 is 0.905 bits per heavy atom. The van der Waals surface area contributed by atoms with Crippen LogP contribution in [0.4, 0.5) is 0 Å². The molecule has 0 saturated heterocycles. The Morgan fingerprint density at radius 3 is 2.21 bits per heavy atom. The number of fused-ring (bicyclic) bond motifs is 3. The summed E-state index contributed by atoms with van der Waals surface area (Å²) in [7, 11) is 0. The van der Waals surface area contributed by atoms with E-state index in [9.17, 15) is 15.0 Å². The van der Waals surface area contributed by atoms with E-state index in [-0.39, 0.29) is 30.5 Å². The van der Waals surface area contributed by atoms with Gasteiger partial charge in [-0.3, -0.25) is 4.79 Å². The Hall–Kier alpha value is -1.13. The van der Waals surface area contributed by atoms with Crippen LogP contribution < -0.4 is 0 Å². The molecule has 4 nitrogen and oxygen atoms in total. The van der Waals surface area contributed by atoms with Crippen molar-refractivity contribution in [3.8, 4) is 0 Å². The lowest BCUT2D eigenvalue weighted by molar-refractivity contribution is -0.181. The van der Waals surface area contributed by atoms with Gasteiger partial charge >= 0.3 is 5.97 Å². The van der Waals surface area contributed by atoms with Gasteiger partial charge in [-0.05, 0) is 98.9 Å². The zero-order valence-corrected chi connectivity index (χ0v) is 27.9. The fourth-order valence-corrected chi connectivity index (χ4v) is 9.27. The van der Waals surface area contributed by atoms with Crippen LogP contribution in [0.3, 0.4) is 0 Å². The van der Waals surface area contributed by atoms with Crippen molar-refractivity contribution in [1.29, 1.82) is 0 Å². The van der Waals surface area contributed by atoms with Crippen LogP contribution >= 0.6 is 0 Å². The highest BCUT2D eigenvalue weighted by atomic mass is 16.5. The second-order valence-corrected chi connectivity index (χ2v) is 15.2. The number of hydrogen-bond donors (Lipinski definition) is 2. The van der Waals surface area contributed by atoms with Gasteiger partial charge in [0.15, 0.2) is 0 Å². The number of carbonyl (C=O) groups excluding carboxylic acids is 1. The molecule has 0 aromatic carbocycles. The molecule has 3 rings (SSSR count). The van der Waals surface area contributed by atoms with E-state index in [1.54, 1.807) is 0 Å². The molecule has 3 aliphatic rings. The molecule has 2 saturated carbocycles. The Kier molecular flexibility index (Phi) is 14.6. The van der Waals surface area contributed by atoms with Crippen molar-refractivity contribution >= 4 is 5.97 Å². The van der Waals surface area contributed by atoms with Crippen LogP contribution in [0, 0.1) is 28.1 Å². The molecule has 3 aliphatic carbocycles. The molecule has 2 N–H and O–H groups in total. The van der Waals surface area contributed by atoms with Crippen molar-refractivity contribution in [2.75, 3.05) is 13.2 Å². The Labute approximate surface area is 259 Å². The third kappa shape index (κ3) is 9.43. The summed E-state index contributed by atoms with van der Waals surface area (Å²) in [4.78, 5) is 12.5. The summed E-state index contributed by atoms with van der Waals surface area (Å²) in [5.74, 6) is 0.754. The smallest absolute Gasteiger partial charge is 0.306 e. The van der Waals surface area contributed by atoms with E-state index < -0.39 is 11.5 Å². The maximum atomic E-state index is 12.5. The topological polar surface area (TPSA) is 66.8 Å². The standard InChI is InChI=1S/C38H66O4/c1-5-6-7-8-9-10-11-12-13-14-15-16-17-18-19-21-35(41)42-29-31-22-23-33-37(4)26-20-25-36(2,3)32(37)24-27-38(33,30-39)34(40)28-31/h12-13,22,32-34,39-40H,5-11,14-21,23-30H2,1-4H3/b13-12-. The van der Waals surface area contributed by atoms with E-state index in [2.05, 4.69) is 45.9 Å². The second kappa shape index (κ2) is 17.4. The van der Waals surface area contributed by atoms with Crippen molar-refractivity contribution in [2.24, 2.45) is 28.1 Å². The molecule has 0 heterocycles. The van der Waals surface area contributed by atoms with Crippen LogP contribution in [-0.4, -0.2) is 35.5 Å². The number of hydrogen-bond acceptors (Lipinski definition) is 4. The fourth-order valence-electron chi connectivity index (χ4n) is 9.27. The van der Waals surface area contributed by atoms with Gasteiger partial charge in [0.25, 0.3) is 0 Å². The number of esters is 1. The summed E-state index contributed by atoms with van der Waals surface area (Å²) in [5.41, 5.74) is 0.997. The third-order valence-electron chi connectivity index (χ3n) is 11.8. The fraction of sp³-hybridized carbons (Fsp3) is 0.868. The van der Waals surface area contributed by atoms with Gasteiger partial charge in [-0.25, -0.2) is 0 Å². The molecular weight excluding hydrogens is 520 g/mol. The number of ether oxygens (including phenoxy) is 1. The SMILES string of the molecule is CCCCCCCC/C=C\CCCCCCCC(=O)OCC1=CCC2C3(C)CCCC(C)(C)C3CCC2(CO)C(O)C1. The molecule has 2 fully saturated rings. The molecule has 0 aromatic rings. The molecular formula is C38H66O4. The molecule has 0 radical (unpaired) electrons. The largest absolute Gasteiger partial charge is 0.461 e. The van der Waals surface area contributed by atoms with Gasteiger partial charge in [0, 0.05) is 11.8 Å². The molecule has 0 amide bonds. The predicted molar refractivity (Wildman–Crippen MR) is 175 cm³/mol. The Balaban J connectivity index is 1.33. The minimum atomic E-state index is -0.590. The number of rotatable bonds is 18. The average molecular weight is 587 g/mol. The highest BCUT2D eigenvalue weighted by Gasteiger charge is 2.61. The lowest BCUT2D eigenvalue weighted by Gasteiger charge is -2.63. The lowest BCUT2D eigenvalue weighted by Crippen LogP contribution is -2.59. The zero-order chi connectivity index (χ0) is 30.5. The molecule has 0 aromatic heterocycles. The summed E-state index contributed by atoms with van der Waals surface area (Å²) in [6.07, 6.45) is 30.0. The van der Waals surface area contributed by atoms with Crippen LogP contribution in [0.15, 0.2) is 23.8 Å². The first kappa shape index (κ1) is 35.4. The van der Waals surface area contributed by atoms with Gasteiger partial charge in [0.05, 0.1) is 12.7 Å². The molecule has 5 atom stereocenters. The molecule has 242 valence electrons. The van der Waals surface area contributed by atoms with Crippen molar-refractivity contribution in [1.82, 2.24) is 0 Å². The first-order chi connectivity index (χ1) is 20.2. The summed E-state index contributed by atoms with van der Waals surface area (Å²) in [6.45, 7) is 9.87. The van der Waals surface area contributed by atoms with Crippen molar-refractivity contribution < 1.29 is 19.7 Å². The molecule has 0 bridgehead atoms. The summed E-state index contributed by atoms with van der Waals surface area (Å²) in [5, 5.41) is 22.2. The van der Waals surface area contributed by atoms with Crippen molar-refractivity contribution in [2.45, 2.75) is 169 Å². The minimum Gasteiger partial charge on any atom is -0.461 e. The Morgan fingerprint density at radius 2 is 1.55 bits per heavy atom. The summed E-state index contributed by atoms with van der Waals surface area (Å²) < 4.78 is 5.70. The minimum absolute atomic E-state index is 0.0396. The van der Waals surface area contributed by atoms with E-state index in [0.717, 1.165) is 37.7 Å². The van der Waals surface area contributed by atoms with Gasteiger partial charge in [0.1, 0.15) is 6.61 Å². The van der Waals surface area contributed by atoms with Gasteiger partial charge < -0.3 is 14.9 Å². The van der Waals surface area contributed by atoms with Crippen LogP contribution in [-0.2, 0) is 9.53 Å².